The van der Waals surface area contributed by atoms with Gasteiger partial charge in [0.05, 0.1) is 17.9 Å². The van der Waals surface area contributed by atoms with Crippen LogP contribution in [0.15, 0.2) is 24.4 Å². The summed E-state index contributed by atoms with van der Waals surface area (Å²) in [6, 6.07) is 4.82. The number of aryl methyl sites for hydroxylation is 2. The summed E-state index contributed by atoms with van der Waals surface area (Å²) in [5.41, 5.74) is 2.96. The Kier molecular flexibility index (Phi) is 4.27. The number of halogens is 1. The van der Waals surface area contributed by atoms with E-state index in [4.69, 9.17) is 0 Å². The van der Waals surface area contributed by atoms with Crippen LogP contribution in [-0.4, -0.2) is 22.0 Å². The van der Waals surface area contributed by atoms with Gasteiger partial charge < -0.3 is 5.32 Å². The van der Waals surface area contributed by atoms with Crippen LogP contribution in [0, 0.1) is 12.7 Å². The van der Waals surface area contributed by atoms with E-state index < -0.39 is 0 Å². The van der Waals surface area contributed by atoms with E-state index in [2.05, 4.69) is 22.6 Å². The van der Waals surface area contributed by atoms with Crippen molar-refractivity contribution in [2.75, 3.05) is 7.05 Å². The zero-order chi connectivity index (χ0) is 13.8. The fourth-order valence-electron chi connectivity index (χ4n) is 2.30. The molecule has 102 valence electrons. The van der Waals surface area contributed by atoms with Crippen LogP contribution in [0.3, 0.4) is 0 Å². The molecule has 2 aromatic rings. The molecule has 1 heterocycles. The van der Waals surface area contributed by atoms with Gasteiger partial charge in [-0.05, 0) is 43.7 Å². The number of aromatic nitrogens is 3. The fourth-order valence-corrected chi connectivity index (χ4v) is 2.30. The molecule has 4 nitrogen and oxygen atoms in total. The molecule has 5 heteroatoms. The summed E-state index contributed by atoms with van der Waals surface area (Å²) in [6.07, 6.45) is 2.76. The molecule has 0 saturated heterocycles. The molecule has 1 aromatic heterocycles. The van der Waals surface area contributed by atoms with Crippen molar-refractivity contribution in [3.8, 4) is 0 Å². The van der Waals surface area contributed by atoms with E-state index in [0.29, 0.717) is 0 Å². The molecule has 2 rings (SSSR count). The fraction of sp³-hybridized carbons (Fsp3) is 0.429. The molecule has 0 spiro atoms. The average molecular weight is 262 g/mol. The molecule has 0 saturated carbocycles. The molecule has 0 radical (unpaired) electrons. The zero-order valence-electron chi connectivity index (χ0n) is 11.5. The lowest BCUT2D eigenvalue weighted by atomic mass is 9.99. The van der Waals surface area contributed by atoms with Crippen molar-refractivity contribution in [3.05, 3.63) is 47.0 Å². The molecule has 1 atom stereocenters. The summed E-state index contributed by atoms with van der Waals surface area (Å²) >= 11 is 0. The number of hydrogen-bond acceptors (Lipinski definition) is 3. The van der Waals surface area contributed by atoms with Crippen LogP contribution >= 0.6 is 0 Å². The van der Waals surface area contributed by atoms with E-state index in [1.165, 1.54) is 6.07 Å². The lowest BCUT2D eigenvalue weighted by Gasteiger charge is -2.19. The van der Waals surface area contributed by atoms with Crippen molar-refractivity contribution < 1.29 is 4.39 Å². The Morgan fingerprint density at radius 3 is 2.84 bits per heavy atom. The van der Waals surface area contributed by atoms with Gasteiger partial charge >= 0.3 is 0 Å². The second-order valence-corrected chi connectivity index (χ2v) is 4.60. The molecule has 0 bridgehead atoms. The summed E-state index contributed by atoms with van der Waals surface area (Å²) in [7, 11) is 1.89. The Balaban J connectivity index is 2.41. The van der Waals surface area contributed by atoms with E-state index in [0.717, 1.165) is 29.8 Å². The monoisotopic (exact) mass is 262 g/mol. The highest BCUT2D eigenvalue weighted by Crippen LogP contribution is 2.24. The van der Waals surface area contributed by atoms with E-state index in [1.807, 2.05) is 24.7 Å². The van der Waals surface area contributed by atoms with Crippen molar-refractivity contribution >= 4 is 0 Å². The number of hydrogen-bond donors (Lipinski definition) is 1. The number of benzene rings is 1. The standard InChI is InChI=1S/C14H19FN4/c1-4-7-19-13(9-17-18-19)14(16-3)12-6-5-11(15)8-10(12)2/h5-6,8-9,14,16H,4,7H2,1-3H3. The molecule has 19 heavy (non-hydrogen) atoms. The quantitative estimate of drug-likeness (QED) is 0.900. The number of nitrogens with zero attached hydrogens (tertiary/aromatic N) is 3. The molecule has 0 fully saturated rings. The predicted molar refractivity (Wildman–Crippen MR) is 72.4 cm³/mol. The minimum absolute atomic E-state index is 0.0258. The third-order valence-electron chi connectivity index (χ3n) is 3.21. The Morgan fingerprint density at radius 2 is 2.21 bits per heavy atom. The van der Waals surface area contributed by atoms with Crippen molar-refractivity contribution in [2.24, 2.45) is 0 Å². The number of nitrogens with one attached hydrogen (secondary N) is 1. The van der Waals surface area contributed by atoms with Crippen LogP contribution in [0.5, 0.6) is 0 Å². The molecule has 1 unspecified atom stereocenters. The topological polar surface area (TPSA) is 42.7 Å². The van der Waals surface area contributed by atoms with Gasteiger partial charge in [0.1, 0.15) is 5.82 Å². The van der Waals surface area contributed by atoms with Crippen LogP contribution in [0.4, 0.5) is 4.39 Å². The van der Waals surface area contributed by atoms with Gasteiger partial charge in [-0.2, -0.15) is 0 Å². The maximum atomic E-state index is 13.2. The second kappa shape index (κ2) is 5.93. The lowest BCUT2D eigenvalue weighted by molar-refractivity contribution is 0.522. The zero-order valence-corrected chi connectivity index (χ0v) is 11.5. The van der Waals surface area contributed by atoms with Crippen molar-refractivity contribution in [1.29, 1.82) is 0 Å². The Morgan fingerprint density at radius 1 is 1.42 bits per heavy atom. The first kappa shape index (κ1) is 13.7. The van der Waals surface area contributed by atoms with Crippen molar-refractivity contribution in [3.63, 3.8) is 0 Å². The van der Waals surface area contributed by atoms with Gasteiger partial charge in [-0.25, -0.2) is 9.07 Å². The van der Waals surface area contributed by atoms with E-state index >= 15 is 0 Å². The maximum Gasteiger partial charge on any atom is 0.123 e. The maximum absolute atomic E-state index is 13.2. The molecule has 1 N–H and O–H groups in total. The van der Waals surface area contributed by atoms with Gasteiger partial charge in [-0.15, -0.1) is 5.10 Å². The highest BCUT2D eigenvalue weighted by molar-refractivity contribution is 5.34. The van der Waals surface area contributed by atoms with Gasteiger partial charge in [0, 0.05) is 6.54 Å². The minimum atomic E-state index is -0.212. The van der Waals surface area contributed by atoms with Crippen LogP contribution in [0.2, 0.25) is 0 Å². The van der Waals surface area contributed by atoms with Crippen molar-refractivity contribution in [2.45, 2.75) is 32.9 Å². The van der Waals surface area contributed by atoms with E-state index in [9.17, 15) is 4.39 Å². The van der Waals surface area contributed by atoms with Crippen molar-refractivity contribution in [1.82, 2.24) is 20.3 Å². The molecule has 1 aromatic carbocycles. The van der Waals surface area contributed by atoms with Crippen LogP contribution in [-0.2, 0) is 6.54 Å². The van der Waals surface area contributed by atoms with Crippen LogP contribution in [0.1, 0.15) is 36.2 Å². The first-order valence-corrected chi connectivity index (χ1v) is 6.49. The van der Waals surface area contributed by atoms with Gasteiger partial charge in [0.15, 0.2) is 0 Å². The Labute approximate surface area is 112 Å². The predicted octanol–water partition coefficient (Wildman–Crippen LogP) is 2.44. The average Bonchev–Trinajstić information content (AvgIpc) is 2.82. The minimum Gasteiger partial charge on any atom is -0.308 e. The normalized spacial score (nSPS) is 12.6. The highest BCUT2D eigenvalue weighted by atomic mass is 19.1. The van der Waals surface area contributed by atoms with Crippen LogP contribution in [0.25, 0.3) is 0 Å². The molecular formula is C14H19FN4. The molecule has 0 aliphatic carbocycles. The summed E-state index contributed by atoms with van der Waals surface area (Å²) < 4.78 is 15.1. The van der Waals surface area contributed by atoms with E-state index in [-0.39, 0.29) is 11.9 Å². The highest BCUT2D eigenvalue weighted by Gasteiger charge is 2.19. The summed E-state index contributed by atoms with van der Waals surface area (Å²) in [4.78, 5) is 0. The number of rotatable bonds is 5. The first-order valence-electron chi connectivity index (χ1n) is 6.49. The molecule has 0 amide bonds. The van der Waals surface area contributed by atoms with Crippen LogP contribution < -0.4 is 5.32 Å². The van der Waals surface area contributed by atoms with Gasteiger partial charge in [-0.1, -0.05) is 18.2 Å². The molecule has 0 aliphatic rings. The Bertz CT molecular complexity index is 550. The first-order chi connectivity index (χ1) is 9.17. The smallest absolute Gasteiger partial charge is 0.123 e. The lowest BCUT2D eigenvalue weighted by Crippen LogP contribution is -2.22. The SMILES string of the molecule is CCCn1nncc1C(NC)c1ccc(F)cc1C. The van der Waals surface area contributed by atoms with Gasteiger partial charge in [0.2, 0.25) is 0 Å². The molecular weight excluding hydrogens is 243 g/mol. The largest absolute Gasteiger partial charge is 0.308 e. The summed E-state index contributed by atoms with van der Waals surface area (Å²) in [6.45, 7) is 4.84. The van der Waals surface area contributed by atoms with E-state index in [1.54, 1.807) is 12.3 Å². The summed E-state index contributed by atoms with van der Waals surface area (Å²) in [5.74, 6) is -0.212. The third-order valence-corrected chi connectivity index (χ3v) is 3.21. The molecule has 0 aliphatic heterocycles. The van der Waals surface area contributed by atoms with Gasteiger partial charge in [0.25, 0.3) is 0 Å². The van der Waals surface area contributed by atoms with Gasteiger partial charge in [-0.3, -0.25) is 0 Å². The summed E-state index contributed by atoms with van der Waals surface area (Å²) in [5, 5.41) is 11.3. The third kappa shape index (κ3) is 2.81. The Hall–Kier alpha value is -1.75. The second-order valence-electron chi connectivity index (χ2n) is 4.60.